The van der Waals surface area contributed by atoms with E-state index in [0.717, 1.165) is 0 Å². The lowest BCUT2D eigenvalue weighted by molar-refractivity contribution is -0.119. The molecule has 0 radical (unpaired) electrons. The van der Waals surface area contributed by atoms with Crippen LogP contribution in [-0.4, -0.2) is 139 Å². The number of ether oxygens (including phenoxy) is 4. The average molecular weight is 1210 g/mol. The van der Waals surface area contributed by atoms with Gasteiger partial charge < -0.3 is 102 Å². The third-order valence-corrected chi connectivity index (χ3v) is 14.0. The number of unbranched alkanes of at least 4 members (excludes halogenated alkanes) is 4. The van der Waals surface area contributed by atoms with Crippen molar-refractivity contribution in [3.05, 3.63) is 89.5 Å². The monoisotopic (exact) mass is 1210 g/mol. The van der Waals surface area contributed by atoms with Gasteiger partial charge in [-0.3, -0.25) is 38.4 Å². The van der Waals surface area contributed by atoms with E-state index in [-0.39, 0.29) is 70.3 Å². The Bertz CT molecular complexity index is 2930. The highest BCUT2D eigenvalue weighted by Crippen LogP contribution is 2.31. The van der Waals surface area contributed by atoms with Crippen molar-refractivity contribution >= 4 is 75.7 Å². The highest BCUT2D eigenvalue weighted by Gasteiger charge is 2.29. The average Bonchev–Trinajstić information content (AvgIpc) is 3.66. The molecule has 0 bridgehead atoms. The Morgan fingerprint density at radius 3 is 1.00 bits per heavy atom. The lowest BCUT2D eigenvalue weighted by atomic mass is 10.1. The predicted molar refractivity (Wildman–Crippen MR) is 335 cm³/mol. The third kappa shape index (κ3) is 22.6. The summed E-state index contributed by atoms with van der Waals surface area (Å²) in [5, 5.41) is 22.6. The number of primary amides is 1. The van der Waals surface area contributed by atoms with E-state index in [4.69, 9.17) is 59.1 Å². The zero-order chi connectivity index (χ0) is 63.8. The Labute approximate surface area is 507 Å². The minimum atomic E-state index is -1.17. The molecule has 0 heterocycles. The fourth-order valence-electron chi connectivity index (χ4n) is 9.14. The van der Waals surface area contributed by atoms with Gasteiger partial charge in [-0.15, -0.1) is 0 Å². The molecule has 27 heteroatoms. The molecule has 8 amide bonds. The zero-order valence-corrected chi connectivity index (χ0v) is 50.2. The van der Waals surface area contributed by atoms with Crippen LogP contribution >= 0.6 is 0 Å². The molecular weight excluding hydrogens is 1120 g/mol. The standard InChI is InChI=1S/C60H89N15O12/c1-84-49-23-19-36(68-57(80)43(66)14-5-9-27-61)32-40(49)54(77)73-45(15-6-10-28-62)58(81)69-37-20-24-50(85-2)41(33-37)55(78)74-46(16-7-11-29-63)59(82)70-38-21-25-51(86-3)42(34-38)56(79)75-47(17-8-12-30-64)60(83)71-39-22-26-52(87-4)48(35-39)72-44(53(67)76)18-13-31-65/h19-26,32-35,43-47,72H,5-18,27-31,61-66H2,1-4H3,(H2,67,76)(H,68,80)(H,69,81)(H,70,82)(H,71,83)(H,73,77)(H,74,78)(H,75,79). The topological polar surface area (TPSA) is 452 Å². The van der Waals surface area contributed by atoms with E-state index in [9.17, 15) is 38.4 Å². The van der Waals surface area contributed by atoms with Crippen molar-refractivity contribution in [2.24, 2.45) is 40.1 Å². The largest absolute Gasteiger partial charge is 0.496 e. The molecule has 476 valence electrons. The van der Waals surface area contributed by atoms with Crippen LogP contribution in [0.2, 0.25) is 0 Å². The van der Waals surface area contributed by atoms with E-state index >= 15 is 0 Å². The second-order valence-electron chi connectivity index (χ2n) is 20.5. The number of nitrogens with two attached hydrogens (primary N) is 7. The van der Waals surface area contributed by atoms with Crippen molar-refractivity contribution in [1.82, 2.24) is 16.0 Å². The number of anilines is 5. The van der Waals surface area contributed by atoms with Gasteiger partial charge in [-0.25, -0.2) is 0 Å². The molecule has 5 unspecified atom stereocenters. The summed E-state index contributed by atoms with van der Waals surface area (Å²) in [6.45, 7) is 1.80. The van der Waals surface area contributed by atoms with Crippen LogP contribution in [-0.2, 0) is 24.0 Å². The highest BCUT2D eigenvalue weighted by molar-refractivity contribution is 6.07. The molecule has 4 aromatic rings. The van der Waals surface area contributed by atoms with Gasteiger partial charge in [0.1, 0.15) is 47.2 Å². The number of hydrogen-bond donors (Lipinski definition) is 15. The van der Waals surface area contributed by atoms with Gasteiger partial charge in [0.25, 0.3) is 17.7 Å². The minimum Gasteiger partial charge on any atom is -0.496 e. The van der Waals surface area contributed by atoms with E-state index in [2.05, 4.69) is 42.5 Å². The van der Waals surface area contributed by atoms with Gasteiger partial charge in [-0.05, 0) is 189 Å². The summed E-state index contributed by atoms with van der Waals surface area (Å²) < 4.78 is 22.1. The number of nitrogens with one attached hydrogen (secondary N) is 8. The smallest absolute Gasteiger partial charge is 0.255 e. The van der Waals surface area contributed by atoms with Crippen molar-refractivity contribution < 1.29 is 57.3 Å². The summed E-state index contributed by atoms with van der Waals surface area (Å²) in [5.41, 5.74) is 41.6. The van der Waals surface area contributed by atoms with Crippen LogP contribution in [0.3, 0.4) is 0 Å². The fourth-order valence-corrected chi connectivity index (χ4v) is 9.14. The maximum Gasteiger partial charge on any atom is 0.255 e. The van der Waals surface area contributed by atoms with Gasteiger partial charge in [0.15, 0.2) is 0 Å². The molecule has 5 atom stereocenters. The first kappa shape index (κ1) is 70.9. The van der Waals surface area contributed by atoms with Gasteiger partial charge in [0, 0.05) is 22.7 Å². The van der Waals surface area contributed by atoms with Crippen LogP contribution in [0.5, 0.6) is 23.0 Å². The van der Waals surface area contributed by atoms with Crippen LogP contribution in [0.25, 0.3) is 0 Å². The van der Waals surface area contributed by atoms with Crippen molar-refractivity contribution in [1.29, 1.82) is 0 Å². The van der Waals surface area contributed by atoms with Crippen molar-refractivity contribution in [3.8, 4) is 23.0 Å². The highest BCUT2D eigenvalue weighted by atomic mass is 16.5. The quantitative estimate of drug-likeness (QED) is 0.0285. The first-order chi connectivity index (χ1) is 41.9. The Morgan fingerprint density at radius 1 is 0.379 bits per heavy atom. The molecule has 0 aliphatic heterocycles. The molecule has 0 saturated carbocycles. The number of carbonyl (C=O) groups excluding carboxylic acids is 8. The van der Waals surface area contributed by atoms with Crippen LogP contribution in [0, 0.1) is 0 Å². The van der Waals surface area contributed by atoms with Crippen LogP contribution in [0.15, 0.2) is 72.8 Å². The van der Waals surface area contributed by atoms with Crippen LogP contribution < -0.4 is 102 Å². The fraction of sp³-hybridized carbons (Fsp3) is 0.467. The Kier molecular flexibility index (Phi) is 30.8. The Morgan fingerprint density at radius 2 is 0.678 bits per heavy atom. The third-order valence-electron chi connectivity index (χ3n) is 14.0. The lowest BCUT2D eigenvalue weighted by Gasteiger charge is -2.22. The first-order valence-electron chi connectivity index (χ1n) is 29.1. The molecular formula is C60H89N15O12. The van der Waals surface area contributed by atoms with E-state index < -0.39 is 77.5 Å². The van der Waals surface area contributed by atoms with E-state index in [1.165, 1.54) is 77.0 Å². The van der Waals surface area contributed by atoms with Gasteiger partial charge in [-0.2, -0.15) is 0 Å². The Balaban J connectivity index is 1.55. The second-order valence-corrected chi connectivity index (χ2v) is 20.5. The van der Waals surface area contributed by atoms with Gasteiger partial charge in [0.2, 0.25) is 29.5 Å². The maximum atomic E-state index is 14.3. The summed E-state index contributed by atoms with van der Waals surface area (Å²) >= 11 is 0. The van der Waals surface area contributed by atoms with Crippen LogP contribution in [0.1, 0.15) is 121 Å². The molecule has 27 nitrogen and oxygen atoms in total. The number of carbonyl (C=O) groups is 8. The normalized spacial score (nSPS) is 12.6. The van der Waals surface area contributed by atoms with E-state index in [0.29, 0.717) is 120 Å². The molecule has 4 rings (SSSR count). The minimum absolute atomic E-state index is 0.0308. The molecule has 0 fully saturated rings. The Hall–Kier alpha value is -8.60. The number of amides is 8. The summed E-state index contributed by atoms with van der Waals surface area (Å²) in [6, 6.07) is 13.0. The number of hydrogen-bond acceptors (Lipinski definition) is 19. The molecule has 0 aliphatic carbocycles. The van der Waals surface area contributed by atoms with Crippen molar-refractivity contribution in [2.75, 3.05) is 87.7 Å². The number of methoxy groups -OCH3 is 4. The molecule has 0 saturated heterocycles. The SMILES string of the molecule is COc1ccc(NC(=O)C(CCCCN)NC(=O)c2cc(NC(=O)C(CCCCN)NC(=O)c3cc(NC(=O)C(CCCCN)NC(=O)c4cc(NC(=O)C(N)CCCCN)ccc4OC)ccc3OC)ccc2OC)cc1NC(CCCN)C(N)=O. The first-order valence-corrected chi connectivity index (χ1v) is 29.1. The number of benzene rings is 4. The van der Waals surface area contributed by atoms with Crippen LogP contribution in [0.4, 0.5) is 28.4 Å². The van der Waals surface area contributed by atoms with E-state index in [1.54, 1.807) is 24.3 Å². The second kappa shape index (κ2) is 37.7. The molecule has 0 spiro atoms. The van der Waals surface area contributed by atoms with Gasteiger partial charge in [0.05, 0.1) is 56.9 Å². The molecule has 22 N–H and O–H groups in total. The zero-order valence-electron chi connectivity index (χ0n) is 50.2. The predicted octanol–water partition coefficient (Wildman–Crippen LogP) is 2.72. The lowest BCUT2D eigenvalue weighted by Crippen LogP contribution is -2.44. The summed E-state index contributed by atoms with van der Waals surface area (Å²) in [5.74, 6) is -4.26. The molecule has 87 heavy (non-hydrogen) atoms. The summed E-state index contributed by atoms with van der Waals surface area (Å²) in [7, 11) is 5.53. The van der Waals surface area contributed by atoms with E-state index in [1.807, 2.05) is 0 Å². The van der Waals surface area contributed by atoms with Crippen molar-refractivity contribution in [2.45, 2.75) is 120 Å². The molecule has 0 aromatic heterocycles. The maximum absolute atomic E-state index is 14.3. The number of rotatable bonds is 40. The van der Waals surface area contributed by atoms with Gasteiger partial charge in [-0.1, -0.05) is 6.42 Å². The van der Waals surface area contributed by atoms with Gasteiger partial charge >= 0.3 is 0 Å². The summed E-state index contributed by atoms with van der Waals surface area (Å²) in [6.07, 6.45) is 6.14. The molecule has 0 aliphatic rings. The summed E-state index contributed by atoms with van der Waals surface area (Å²) in [4.78, 5) is 110. The molecule has 4 aromatic carbocycles. The van der Waals surface area contributed by atoms with Crippen molar-refractivity contribution in [3.63, 3.8) is 0 Å².